The molecule has 0 bridgehead atoms. The van der Waals surface area contributed by atoms with Gasteiger partial charge in [-0.05, 0) is 67.1 Å². The van der Waals surface area contributed by atoms with Crippen molar-refractivity contribution in [3.8, 4) is 11.5 Å². The lowest BCUT2D eigenvalue weighted by Gasteiger charge is -2.52. The Morgan fingerprint density at radius 3 is 2.22 bits per heavy atom. The smallest absolute Gasteiger partial charge is 0.248 e. The molecule has 37 heavy (non-hydrogen) atoms. The van der Waals surface area contributed by atoms with E-state index in [-0.39, 0.29) is 23.5 Å². The fourth-order valence-electron chi connectivity index (χ4n) is 5.23. The van der Waals surface area contributed by atoms with Crippen LogP contribution in [0.3, 0.4) is 0 Å². The highest BCUT2D eigenvalue weighted by molar-refractivity contribution is 6.00. The Labute approximate surface area is 218 Å². The summed E-state index contributed by atoms with van der Waals surface area (Å²) >= 11 is 0. The van der Waals surface area contributed by atoms with E-state index >= 15 is 0 Å². The van der Waals surface area contributed by atoms with E-state index in [0.29, 0.717) is 44.0 Å². The third-order valence-corrected chi connectivity index (χ3v) is 7.58. The Morgan fingerprint density at radius 2 is 1.65 bits per heavy atom. The van der Waals surface area contributed by atoms with Crippen molar-refractivity contribution in [2.24, 2.45) is 5.92 Å². The molecule has 2 saturated heterocycles. The van der Waals surface area contributed by atoms with Crippen molar-refractivity contribution in [3.05, 3.63) is 59.9 Å². The summed E-state index contributed by atoms with van der Waals surface area (Å²) in [6.07, 6.45) is 1.95. The molecule has 8 heteroatoms. The molecule has 2 aliphatic rings. The average molecular weight is 512 g/mol. The molecule has 0 saturated carbocycles. The lowest BCUT2D eigenvalue weighted by molar-refractivity contribution is -0.165. The molecule has 2 fully saturated rings. The van der Waals surface area contributed by atoms with Crippen LogP contribution in [0.15, 0.2) is 48.5 Å². The fourth-order valence-corrected chi connectivity index (χ4v) is 5.23. The zero-order valence-electron chi connectivity index (χ0n) is 22.0. The van der Waals surface area contributed by atoms with Gasteiger partial charge in [0.25, 0.3) is 0 Å². The van der Waals surface area contributed by atoms with Crippen LogP contribution >= 0.6 is 0 Å². The Kier molecular flexibility index (Phi) is 8.49. The van der Waals surface area contributed by atoms with Crippen LogP contribution in [0.5, 0.6) is 11.5 Å². The molecule has 0 unspecified atom stereocenters. The number of likely N-dealkylation sites (tertiary alicyclic amines) is 1. The number of nitrogens with one attached hydrogen (secondary N) is 1. The molecule has 200 valence electrons. The van der Waals surface area contributed by atoms with E-state index < -0.39 is 17.7 Å². The van der Waals surface area contributed by atoms with Crippen molar-refractivity contribution in [1.29, 1.82) is 0 Å². The minimum Gasteiger partial charge on any atom is -0.457 e. The normalized spacial score (nSPS) is 20.8. The lowest BCUT2D eigenvalue weighted by atomic mass is 9.80. The van der Waals surface area contributed by atoms with E-state index in [1.54, 1.807) is 17.0 Å². The van der Waals surface area contributed by atoms with Crippen molar-refractivity contribution in [3.63, 3.8) is 0 Å². The van der Waals surface area contributed by atoms with E-state index in [4.69, 9.17) is 4.74 Å². The minimum atomic E-state index is -0.909. The van der Waals surface area contributed by atoms with Crippen LogP contribution in [0.1, 0.15) is 52.0 Å². The van der Waals surface area contributed by atoms with Crippen molar-refractivity contribution in [2.75, 3.05) is 19.6 Å². The molecule has 2 atom stereocenters. The van der Waals surface area contributed by atoms with Crippen LogP contribution in [0, 0.1) is 11.7 Å². The van der Waals surface area contributed by atoms with E-state index in [2.05, 4.69) is 17.1 Å². The zero-order chi connectivity index (χ0) is 26.6. The first kappa shape index (κ1) is 27.1. The van der Waals surface area contributed by atoms with Crippen molar-refractivity contribution in [2.45, 2.75) is 70.7 Å². The largest absolute Gasteiger partial charge is 0.457 e. The third-order valence-electron chi connectivity index (χ3n) is 7.58. The Hall–Kier alpha value is -2.97. The van der Waals surface area contributed by atoms with Gasteiger partial charge in [0.15, 0.2) is 0 Å². The summed E-state index contributed by atoms with van der Waals surface area (Å²) in [5, 5.41) is 13.5. The predicted octanol–water partition coefficient (Wildman–Crippen LogP) is 4.10. The van der Waals surface area contributed by atoms with Gasteiger partial charge in [-0.3, -0.25) is 14.5 Å². The number of carbonyl (C=O) groups is 2. The number of benzene rings is 2. The van der Waals surface area contributed by atoms with Crippen LogP contribution in [0.2, 0.25) is 0 Å². The summed E-state index contributed by atoms with van der Waals surface area (Å²) in [6.45, 7) is 8.41. The standard InChI is InChI=1S/C29H38FN3O4/c1-4-5-16-33-27(35)25(26(34)20(2)3)31-28(36)29(33)14-17-32(18-15-29)19-21-6-10-23(11-7-21)37-24-12-8-22(30)9-13-24/h6-13,20,25-26,34H,4-5,14-19H2,1-3H3,(H,31,36)/t25-,26-/m1/s1. The Morgan fingerprint density at radius 1 is 1.05 bits per heavy atom. The molecule has 2 amide bonds. The molecule has 2 heterocycles. The Bertz CT molecular complexity index is 1070. The predicted molar refractivity (Wildman–Crippen MR) is 140 cm³/mol. The molecule has 0 aromatic heterocycles. The van der Waals surface area contributed by atoms with E-state index in [1.807, 2.05) is 38.1 Å². The number of hydrogen-bond donors (Lipinski definition) is 2. The van der Waals surface area contributed by atoms with Gasteiger partial charge in [0.2, 0.25) is 11.8 Å². The summed E-state index contributed by atoms with van der Waals surface area (Å²) in [4.78, 5) is 31.0. The van der Waals surface area contributed by atoms with Gasteiger partial charge in [-0.15, -0.1) is 0 Å². The van der Waals surface area contributed by atoms with Gasteiger partial charge in [-0.2, -0.15) is 0 Å². The molecular formula is C29H38FN3O4. The number of aliphatic hydroxyl groups is 1. The van der Waals surface area contributed by atoms with Crippen LogP contribution in [0.4, 0.5) is 4.39 Å². The molecule has 0 aliphatic carbocycles. The van der Waals surface area contributed by atoms with Gasteiger partial charge in [0.1, 0.15) is 28.9 Å². The highest BCUT2D eigenvalue weighted by Crippen LogP contribution is 2.35. The van der Waals surface area contributed by atoms with Crippen molar-refractivity contribution >= 4 is 11.8 Å². The molecule has 4 rings (SSSR count). The molecule has 0 radical (unpaired) electrons. The molecule has 2 aliphatic heterocycles. The number of piperazine rings is 1. The van der Waals surface area contributed by atoms with Gasteiger partial charge >= 0.3 is 0 Å². The summed E-state index contributed by atoms with van der Waals surface area (Å²) in [5.41, 5.74) is 0.262. The number of aliphatic hydroxyl groups excluding tert-OH is 1. The highest BCUT2D eigenvalue weighted by Gasteiger charge is 2.54. The van der Waals surface area contributed by atoms with Crippen LogP contribution in [-0.2, 0) is 16.1 Å². The second kappa shape index (κ2) is 11.6. The van der Waals surface area contributed by atoms with Gasteiger partial charge in [0.05, 0.1) is 6.10 Å². The Balaban J connectivity index is 1.39. The van der Waals surface area contributed by atoms with E-state index in [1.165, 1.54) is 12.1 Å². The van der Waals surface area contributed by atoms with Gasteiger partial charge in [-0.25, -0.2) is 4.39 Å². The maximum atomic E-state index is 13.5. The van der Waals surface area contributed by atoms with Gasteiger partial charge in [0, 0.05) is 26.2 Å². The maximum Gasteiger partial charge on any atom is 0.248 e. The zero-order valence-corrected chi connectivity index (χ0v) is 22.0. The van der Waals surface area contributed by atoms with E-state index in [0.717, 1.165) is 24.9 Å². The first-order chi connectivity index (χ1) is 17.7. The number of unbranched alkanes of at least 4 members (excludes halogenated alkanes) is 1. The van der Waals surface area contributed by atoms with Gasteiger partial charge in [-0.1, -0.05) is 39.3 Å². The van der Waals surface area contributed by atoms with Crippen LogP contribution in [-0.4, -0.2) is 64.0 Å². The third kappa shape index (κ3) is 5.96. The number of ether oxygens (including phenoxy) is 1. The lowest BCUT2D eigenvalue weighted by Crippen LogP contribution is -2.74. The minimum absolute atomic E-state index is 0.134. The van der Waals surface area contributed by atoms with Crippen LogP contribution in [0.25, 0.3) is 0 Å². The fraction of sp³-hybridized carbons (Fsp3) is 0.517. The molecule has 2 aromatic rings. The van der Waals surface area contributed by atoms with Crippen molar-refractivity contribution < 1.29 is 23.8 Å². The first-order valence-corrected chi connectivity index (χ1v) is 13.3. The van der Waals surface area contributed by atoms with Crippen molar-refractivity contribution in [1.82, 2.24) is 15.1 Å². The summed E-state index contributed by atoms with van der Waals surface area (Å²) in [6, 6.07) is 12.8. The summed E-state index contributed by atoms with van der Waals surface area (Å²) in [7, 11) is 0. The second-order valence-electron chi connectivity index (χ2n) is 10.5. The average Bonchev–Trinajstić information content (AvgIpc) is 2.89. The van der Waals surface area contributed by atoms with Gasteiger partial charge < -0.3 is 20.1 Å². The molecule has 2 aromatic carbocycles. The number of hydrogen-bond acceptors (Lipinski definition) is 5. The molecule has 1 spiro atoms. The summed E-state index contributed by atoms with van der Waals surface area (Å²) in [5.74, 6) is 0.504. The molecule has 2 N–H and O–H groups in total. The summed E-state index contributed by atoms with van der Waals surface area (Å²) < 4.78 is 18.9. The number of carbonyl (C=O) groups excluding carboxylic acids is 2. The highest BCUT2D eigenvalue weighted by atomic mass is 19.1. The van der Waals surface area contributed by atoms with Crippen LogP contribution < -0.4 is 10.1 Å². The topological polar surface area (TPSA) is 82.1 Å². The number of rotatable bonds is 9. The molecule has 7 nitrogen and oxygen atoms in total. The van der Waals surface area contributed by atoms with E-state index in [9.17, 15) is 19.1 Å². The quantitative estimate of drug-likeness (QED) is 0.530. The SMILES string of the molecule is CCCCN1C(=O)[C@@H]([C@H](O)C(C)C)NC(=O)C12CCN(Cc1ccc(Oc3ccc(F)cc3)cc1)CC2. The monoisotopic (exact) mass is 511 g/mol. The molecular weight excluding hydrogens is 473 g/mol. The maximum absolute atomic E-state index is 13.5. The number of amides is 2. The number of nitrogens with zero attached hydrogens (tertiary/aromatic N) is 2. The first-order valence-electron chi connectivity index (χ1n) is 13.3. The number of halogens is 1. The second-order valence-corrected chi connectivity index (χ2v) is 10.5. The number of piperidine rings is 1.